The van der Waals surface area contributed by atoms with Crippen LogP contribution in [0.3, 0.4) is 0 Å². The van der Waals surface area contributed by atoms with Gasteiger partial charge < -0.3 is 9.26 Å². The van der Waals surface area contributed by atoms with Gasteiger partial charge in [-0.15, -0.1) is 0 Å². The summed E-state index contributed by atoms with van der Waals surface area (Å²) in [4.78, 5) is 27.0. The molecule has 0 unspecified atom stereocenters. The van der Waals surface area contributed by atoms with E-state index in [9.17, 15) is 14.9 Å². The van der Waals surface area contributed by atoms with Gasteiger partial charge in [-0.1, -0.05) is 16.8 Å². The SMILES string of the molecule is Cc1cc(-n2c(C)cc(/C=C3\N=C(c4ccc(Cl)c([N+](=O)[O-])c4)OC3=O)c2C)no1. The number of hydrogen-bond acceptors (Lipinski definition) is 7. The number of ether oxygens (including phenoxy) is 1. The topological polar surface area (TPSA) is 113 Å². The van der Waals surface area contributed by atoms with Gasteiger partial charge in [0.25, 0.3) is 5.69 Å². The number of aromatic nitrogens is 2. The zero-order valence-corrected chi connectivity index (χ0v) is 16.9. The molecule has 0 atom stereocenters. The number of carbonyl (C=O) groups is 1. The quantitative estimate of drug-likeness (QED) is 0.266. The minimum Gasteiger partial charge on any atom is -0.402 e. The van der Waals surface area contributed by atoms with Crippen molar-refractivity contribution in [1.29, 1.82) is 0 Å². The van der Waals surface area contributed by atoms with Gasteiger partial charge in [-0.05, 0) is 50.6 Å². The van der Waals surface area contributed by atoms with Crippen LogP contribution >= 0.6 is 11.6 Å². The minimum absolute atomic E-state index is 0.0139. The van der Waals surface area contributed by atoms with Gasteiger partial charge in [0.15, 0.2) is 11.5 Å². The zero-order chi connectivity index (χ0) is 21.6. The maximum absolute atomic E-state index is 12.3. The van der Waals surface area contributed by atoms with Crippen LogP contribution in [0.5, 0.6) is 0 Å². The van der Waals surface area contributed by atoms with E-state index in [1.807, 2.05) is 30.5 Å². The molecule has 1 aromatic carbocycles. The predicted octanol–water partition coefficient (Wildman–Crippen LogP) is 4.30. The molecule has 4 rings (SSSR count). The van der Waals surface area contributed by atoms with Crippen LogP contribution in [0.1, 0.15) is 28.3 Å². The Balaban J connectivity index is 1.72. The van der Waals surface area contributed by atoms with Crippen molar-refractivity contribution in [3.05, 3.63) is 79.4 Å². The highest BCUT2D eigenvalue weighted by Gasteiger charge is 2.27. The molecule has 0 fully saturated rings. The summed E-state index contributed by atoms with van der Waals surface area (Å²) in [6.45, 7) is 5.60. The lowest BCUT2D eigenvalue weighted by Gasteiger charge is -2.03. The van der Waals surface area contributed by atoms with E-state index in [2.05, 4.69) is 10.1 Å². The van der Waals surface area contributed by atoms with Crippen molar-refractivity contribution in [1.82, 2.24) is 9.72 Å². The van der Waals surface area contributed by atoms with E-state index in [1.165, 1.54) is 18.2 Å². The molecule has 0 saturated carbocycles. The fourth-order valence-electron chi connectivity index (χ4n) is 3.21. The van der Waals surface area contributed by atoms with Crippen LogP contribution in [0.4, 0.5) is 5.69 Å². The lowest BCUT2D eigenvalue weighted by Crippen LogP contribution is -2.06. The van der Waals surface area contributed by atoms with Gasteiger partial charge >= 0.3 is 5.97 Å². The Morgan fingerprint density at radius 3 is 2.63 bits per heavy atom. The van der Waals surface area contributed by atoms with Gasteiger partial charge in [0.05, 0.1) is 4.92 Å². The Morgan fingerprint density at radius 1 is 1.20 bits per heavy atom. The molecule has 0 N–H and O–H groups in total. The number of rotatable bonds is 4. The standard InChI is InChI=1S/C20H15ClN4O5/c1-10-6-14(12(3)24(10)18-7-11(2)30-23-18)8-16-20(26)29-19(22-16)13-4-5-15(21)17(9-13)25(27)28/h4-9H,1-3H3/b16-8-. The van der Waals surface area contributed by atoms with Crippen LogP contribution in [0.25, 0.3) is 11.9 Å². The summed E-state index contributed by atoms with van der Waals surface area (Å²) in [5, 5.41) is 15.1. The summed E-state index contributed by atoms with van der Waals surface area (Å²) in [6.07, 6.45) is 1.60. The van der Waals surface area contributed by atoms with Crippen molar-refractivity contribution in [2.75, 3.05) is 0 Å². The highest BCUT2D eigenvalue weighted by atomic mass is 35.5. The average molecular weight is 427 g/mol. The molecule has 1 aliphatic rings. The number of hydrogen-bond donors (Lipinski definition) is 0. The maximum Gasteiger partial charge on any atom is 0.363 e. The van der Waals surface area contributed by atoms with Crippen molar-refractivity contribution in [2.45, 2.75) is 20.8 Å². The summed E-state index contributed by atoms with van der Waals surface area (Å²) >= 11 is 5.83. The van der Waals surface area contributed by atoms with E-state index < -0.39 is 10.9 Å². The third-order valence-electron chi connectivity index (χ3n) is 4.62. The number of nitro benzene ring substituents is 1. The highest BCUT2D eigenvalue weighted by molar-refractivity contribution is 6.32. The maximum atomic E-state index is 12.3. The highest BCUT2D eigenvalue weighted by Crippen LogP contribution is 2.28. The van der Waals surface area contributed by atoms with Crippen LogP contribution in [0.15, 0.2) is 45.5 Å². The van der Waals surface area contributed by atoms with Gasteiger partial charge in [-0.3, -0.25) is 14.7 Å². The van der Waals surface area contributed by atoms with Crippen molar-refractivity contribution < 1.29 is 19.0 Å². The van der Waals surface area contributed by atoms with Crippen LogP contribution in [0, 0.1) is 30.9 Å². The first kappa shape index (κ1) is 19.6. The summed E-state index contributed by atoms with van der Waals surface area (Å²) < 4.78 is 12.3. The van der Waals surface area contributed by atoms with Crippen molar-refractivity contribution >= 4 is 35.2 Å². The minimum atomic E-state index is -0.648. The third kappa shape index (κ3) is 3.39. The number of aliphatic imine (C=N–C) groups is 1. The monoisotopic (exact) mass is 426 g/mol. The van der Waals surface area contributed by atoms with Crippen LogP contribution in [-0.4, -0.2) is 26.5 Å². The average Bonchev–Trinajstić information content (AvgIpc) is 3.34. The molecule has 3 heterocycles. The molecule has 1 aliphatic heterocycles. The molecule has 0 amide bonds. The van der Waals surface area contributed by atoms with Crippen LogP contribution in [-0.2, 0) is 9.53 Å². The van der Waals surface area contributed by atoms with Crippen molar-refractivity contribution in [2.24, 2.45) is 4.99 Å². The summed E-state index contributed by atoms with van der Waals surface area (Å²) in [5.74, 6) is 0.651. The first-order valence-corrected chi connectivity index (χ1v) is 9.22. The first-order valence-electron chi connectivity index (χ1n) is 8.84. The predicted molar refractivity (Wildman–Crippen MR) is 109 cm³/mol. The Morgan fingerprint density at radius 2 is 1.97 bits per heavy atom. The van der Waals surface area contributed by atoms with Crippen LogP contribution in [0.2, 0.25) is 5.02 Å². The number of esters is 1. The number of aryl methyl sites for hydroxylation is 2. The second-order valence-electron chi connectivity index (χ2n) is 6.72. The summed E-state index contributed by atoms with van der Waals surface area (Å²) in [5.41, 5.74) is 2.57. The molecule has 0 radical (unpaired) electrons. The Hall–Kier alpha value is -3.72. The second-order valence-corrected chi connectivity index (χ2v) is 7.12. The summed E-state index contributed by atoms with van der Waals surface area (Å²) in [6, 6.07) is 7.78. The molecule has 0 spiro atoms. The van der Waals surface area contributed by atoms with Gasteiger partial charge in [-0.25, -0.2) is 9.79 Å². The van der Waals surface area contributed by atoms with Crippen LogP contribution < -0.4 is 0 Å². The van der Waals surface area contributed by atoms with E-state index in [4.69, 9.17) is 20.9 Å². The molecule has 10 heteroatoms. The van der Waals surface area contributed by atoms with Gasteiger partial charge in [0.1, 0.15) is 10.8 Å². The number of nitrogens with zero attached hydrogens (tertiary/aromatic N) is 4. The number of benzene rings is 1. The summed E-state index contributed by atoms with van der Waals surface area (Å²) in [7, 11) is 0. The fraction of sp³-hybridized carbons (Fsp3) is 0.150. The molecule has 0 saturated heterocycles. The van der Waals surface area contributed by atoms with Gasteiger partial charge in [0.2, 0.25) is 5.90 Å². The van der Waals surface area contributed by atoms with E-state index in [0.29, 0.717) is 11.6 Å². The molecular formula is C20H15ClN4O5. The molecule has 2 aromatic heterocycles. The van der Waals surface area contributed by atoms with E-state index in [1.54, 1.807) is 13.0 Å². The van der Waals surface area contributed by atoms with Crippen molar-refractivity contribution in [3.8, 4) is 5.82 Å². The number of nitro groups is 1. The molecule has 9 nitrogen and oxygen atoms in total. The zero-order valence-electron chi connectivity index (χ0n) is 16.2. The second kappa shape index (κ2) is 7.27. The largest absolute Gasteiger partial charge is 0.402 e. The Labute approximate surface area is 175 Å². The lowest BCUT2D eigenvalue weighted by atomic mass is 10.2. The fourth-order valence-corrected chi connectivity index (χ4v) is 3.40. The Bertz CT molecular complexity index is 1270. The van der Waals surface area contributed by atoms with E-state index >= 15 is 0 Å². The first-order chi connectivity index (χ1) is 14.2. The molecule has 30 heavy (non-hydrogen) atoms. The lowest BCUT2D eigenvalue weighted by molar-refractivity contribution is -0.384. The van der Waals surface area contributed by atoms with E-state index in [0.717, 1.165) is 17.0 Å². The smallest absolute Gasteiger partial charge is 0.363 e. The number of cyclic esters (lactones) is 1. The van der Waals surface area contributed by atoms with Gasteiger partial charge in [-0.2, -0.15) is 0 Å². The third-order valence-corrected chi connectivity index (χ3v) is 4.94. The normalized spacial score (nSPS) is 14.9. The Kier molecular flexibility index (Phi) is 4.75. The van der Waals surface area contributed by atoms with E-state index in [-0.39, 0.29) is 27.9 Å². The molecular weight excluding hydrogens is 412 g/mol. The molecule has 3 aromatic rings. The van der Waals surface area contributed by atoms with Gasteiger partial charge in [0, 0.05) is 29.1 Å². The number of halogens is 1. The van der Waals surface area contributed by atoms with Crippen molar-refractivity contribution in [3.63, 3.8) is 0 Å². The molecule has 0 aliphatic carbocycles. The number of carbonyl (C=O) groups excluding carboxylic acids is 1. The molecule has 152 valence electrons. The molecule has 0 bridgehead atoms.